The molecule has 0 atom stereocenters. The second-order valence-corrected chi connectivity index (χ2v) is 6.19. The summed E-state index contributed by atoms with van der Waals surface area (Å²) in [5.74, 6) is -2.16. The Morgan fingerprint density at radius 2 is 1.93 bits per heavy atom. The van der Waals surface area contributed by atoms with Crippen LogP contribution in [0.25, 0.3) is 0 Å². The van der Waals surface area contributed by atoms with Gasteiger partial charge in [0.05, 0.1) is 16.8 Å². The quantitative estimate of drug-likeness (QED) is 0.760. The smallest absolute Gasteiger partial charge is 0.334 e. The average Bonchev–Trinajstić information content (AvgIpc) is 2.69. The number of benzene rings is 1. The van der Waals surface area contributed by atoms with Gasteiger partial charge in [0.1, 0.15) is 6.07 Å². The van der Waals surface area contributed by atoms with E-state index in [-0.39, 0.29) is 28.9 Å². The van der Waals surface area contributed by atoms with Crippen molar-refractivity contribution in [2.45, 2.75) is 27.2 Å². The number of hydrogen-bond donors (Lipinski definition) is 2. The third-order valence-electron chi connectivity index (χ3n) is 3.81. The lowest BCUT2D eigenvalue weighted by atomic mass is 10.1. The van der Waals surface area contributed by atoms with E-state index in [1.807, 2.05) is 11.5 Å². The molecule has 1 aromatic carbocycles. The van der Waals surface area contributed by atoms with Gasteiger partial charge >= 0.3 is 5.97 Å². The van der Waals surface area contributed by atoms with E-state index < -0.39 is 17.8 Å². The monoisotopic (exact) mass is 400 g/mol. The number of carbonyl (C=O) groups is 3. The van der Waals surface area contributed by atoms with E-state index in [4.69, 9.17) is 16.4 Å². The Labute approximate surface area is 166 Å². The zero-order valence-corrected chi connectivity index (χ0v) is 16.2. The van der Waals surface area contributed by atoms with Gasteiger partial charge in [-0.1, -0.05) is 18.5 Å². The first-order chi connectivity index (χ1) is 13.3. The second-order valence-electron chi connectivity index (χ2n) is 5.78. The predicted octanol–water partition coefficient (Wildman–Crippen LogP) is 3.07. The zero-order chi connectivity index (χ0) is 20.8. The summed E-state index contributed by atoms with van der Waals surface area (Å²) in [7, 11) is 0. The largest absolute Gasteiger partial charge is 0.382 e. The molecule has 0 bridgehead atoms. The van der Waals surface area contributed by atoms with Crippen LogP contribution < -0.4 is 10.8 Å². The highest BCUT2D eigenvalue weighted by atomic mass is 35.5. The fraction of sp³-hybridized carbons (Fsp3) is 0.211. The molecule has 0 aliphatic heterocycles. The highest BCUT2D eigenvalue weighted by molar-refractivity contribution is 6.32. The minimum atomic E-state index is -0.987. The highest BCUT2D eigenvalue weighted by Gasteiger charge is 2.23. The molecular weight excluding hydrogens is 384 g/mol. The molecule has 0 saturated carbocycles. The van der Waals surface area contributed by atoms with Crippen LogP contribution in [-0.2, 0) is 9.63 Å². The van der Waals surface area contributed by atoms with E-state index in [0.29, 0.717) is 16.3 Å². The minimum absolute atomic E-state index is 0.0791. The maximum atomic E-state index is 12.8. The molecule has 2 aromatic rings. The molecule has 0 unspecified atom stereocenters. The van der Waals surface area contributed by atoms with Crippen molar-refractivity contribution in [2.24, 2.45) is 0 Å². The lowest BCUT2D eigenvalue weighted by Gasteiger charge is -2.13. The van der Waals surface area contributed by atoms with Crippen LogP contribution in [0.3, 0.4) is 0 Å². The summed E-state index contributed by atoms with van der Waals surface area (Å²) in [4.78, 5) is 45.1. The standard InChI is InChI=1S/C19H17ClN4O4/c1-4-15(25)24-28-19(27)17-13(7-5-10(2)22-17)18(26)23-16-11(3)14(20)8-6-12(16)9-21/h5-8H,4H2,1-3H3,(H,23,26)(H,24,25). The molecular formula is C19H17ClN4O4. The van der Waals surface area contributed by atoms with Gasteiger partial charge < -0.3 is 10.2 Å². The molecule has 0 spiro atoms. The lowest BCUT2D eigenvalue weighted by Crippen LogP contribution is -2.28. The number of hydrogen-bond acceptors (Lipinski definition) is 6. The van der Waals surface area contributed by atoms with Gasteiger partial charge in [0.25, 0.3) is 11.8 Å². The first-order valence-electron chi connectivity index (χ1n) is 8.26. The van der Waals surface area contributed by atoms with Crippen molar-refractivity contribution in [2.75, 3.05) is 5.32 Å². The predicted molar refractivity (Wildman–Crippen MR) is 102 cm³/mol. The summed E-state index contributed by atoms with van der Waals surface area (Å²) in [6.45, 7) is 4.88. The van der Waals surface area contributed by atoms with Crippen LogP contribution in [-0.4, -0.2) is 22.8 Å². The SMILES string of the molecule is CCC(=O)NOC(=O)c1nc(C)ccc1C(=O)Nc1c(C#N)ccc(Cl)c1C. The summed E-state index contributed by atoms with van der Waals surface area (Å²) in [6.07, 6.45) is 0.118. The Kier molecular flexibility index (Phi) is 6.69. The Morgan fingerprint density at radius 1 is 1.21 bits per heavy atom. The Morgan fingerprint density at radius 3 is 2.57 bits per heavy atom. The van der Waals surface area contributed by atoms with Gasteiger partial charge in [-0.05, 0) is 43.7 Å². The molecule has 1 heterocycles. The van der Waals surface area contributed by atoms with Gasteiger partial charge in [-0.25, -0.2) is 9.78 Å². The van der Waals surface area contributed by atoms with Crippen molar-refractivity contribution in [3.8, 4) is 6.07 Å². The molecule has 0 fully saturated rings. The summed E-state index contributed by atoms with van der Waals surface area (Å²) < 4.78 is 0. The molecule has 2 amide bonds. The third-order valence-corrected chi connectivity index (χ3v) is 4.22. The summed E-state index contributed by atoms with van der Waals surface area (Å²) in [5, 5.41) is 12.2. The van der Waals surface area contributed by atoms with Crippen LogP contribution >= 0.6 is 11.6 Å². The van der Waals surface area contributed by atoms with Crippen molar-refractivity contribution in [1.82, 2.24) is 10.5 Å². The molecule has 0 aliphatic rings. The topological polar surface area (TPSA) is 121 Å². The van der Waals surface area contributed by atoms with Crippen molar-refractivity contribution in [3.05, 3.63) is 57.4 Å². The molecule has 28 heavy (non-hydrogen) atoms. The zero-order valence-electron chi connectivity index (χ0n) is 15.4. The number of anilines is 1. The van der Waals surface area contributed by atoms with E-state index >= 15 is 0 Å². The van der Waals surface area contributed by atoms with E-state index in [1.54, 1.807) is 32.9 Å². The molecule has 9 heteroatoms. The number of hydroxylamine groups is 1. The molecule has 8 nitrogen and oxygen atoms in total. The lowest BCUT2D eigenvalue weighted by molar-refractivity contribution is -0.129. The van der Waals surface area contributed by atoms with Crippen LogP contribution in [0.4, 0.5) is 5.69 Å². The van der Waals surface area contributed by atoms with E-state index in [2.05, 4.69) is 10.3 Å². The van der Waals surface area contributed by atoms with Crippen molar-refractivity contribution in [1.29, 1.82) is 5.26 Å². The third kappa shape index (κ3) is 4.64. The highest BCUT2D eigenvalue weighted by Crippen LogP contribution is 2.28. The Hall–Kier alpha value is -3.44. The number of nitrogens with zero attached hydrogens (tertiary/aromatic N) is 2. The van der Waals surface area contributed by atoms with Gasteiger partial charge in [0.15, 0.2) is 5.69 Å². The number of pyridine rings is 1. The van der Waals surface area contributed by atoms with Crippen molar-refractivity contribution < 1.29 is 19.2 Å². The van der Waals surface area contributed by atoms with E-state index in [9.17, 15) is 19.6 Å². The molecule has 0 saturated heterocycles. The van der Waals surface area contributed by atoms with Crippen LogP contribution in [0.15, 0.2) is 24.3 Å². The van der Waals surface area contributed by atoms with Crippen LogP contribution in [0.2, 0.25) is 5.02 Å². The molecule has 1 aromatic heterocycles. The number of nitrogens with one attached hydrogen (secondary N) is 2. The van der Waals surface area contributed by atoms with Crippen molar-refractivity contribution in [3.63, 3.8) is 0 Å². The molecule has 2 N–H and O–H groups in total. The van der Waals surface area contributed by atoms with E-state index in [1.165, 1.54) is 12.1 Å². The number of nitriles is 1. The maximum absolute atomic E-state index is 12.8. The molecule has 0 aliphatic carbocycles. The normalized spacial score (nSPS) is 9.96. The minimum Gasteiger partial charge on any atom is -0.334 e. The number of carbonyl (C=O) groups excluding carboxylic acids is 3. The Balaban J connectivity index is 2.37. The van der Waals surface area contributed by atoms with Crippen LogP contribution in [0.1, 0.15) is 51.0 Å². The molecule has 144 valence electrons. The fourth-order valence-electron chi connectivity index (χ4n) is 2.24. The summed E-state index contributed by atoms with van der Waals surface area (Å²) in [6, 6.07) is 7.96. The van der Waals surface area contributed by atoms with Crippen LogP contribution in [0.5, 0.6) is 0 Å². The second kappa shape index (κ2) is 8.97. The summed E-state index contributed by atoms with van der Waals surface area (Å²) in [5.41, 5.74) is 3.06. The van der Waals surface area contributed by atoms with Gasteiger partial charge in [-0.3, -0.25) is 9.59 Å². The van der Waals surface area contributed by atoms with Gasteiger partial charge in [0, 0.05) is 17.1 Å². The van der Waals surface area contributed by atoms with E-state index in [0.717, 1.165) is 0 Å². The van der Waals surface area contributed by atoms with Gasteiger partial charge in [-0.15, -0.1) is 0 Å². The number of rotatable bonds is 4. The first kappa shape index (κ1) is 20.9. The summed E-state index contributed by atoms with van der Waals surface area (Å²) >= 11 is 6.07. The first-order valence-corrected chi connectivity index (χ1v) is 8.64. The average molecular weight is 401 g/mol. The number of amides is 2. The number of halogens is 1. The fourth-order valence-corrected chi connectivity index (χ4v) is 2.40. The molecule has 2 rings (SSSR count). The maximum Gasteiger partial charge on any atom is 0.382 e. The number of aryl methyl sites for hydroxylation is 1. The van der Waals surface area contributed by atoms with Gasteiger partial charge in [0.2, 0.25) is 0 Å². The van der Waals surface area contributed by atoms with Crippen molar-refractivity contribution >= 4 is 35.1 Å². The Bertz CT molecular complexity index is 998. The molecule has 0 radical (unpaired) electrons. The van der Waals surface area contributed by atoms with Gasteiger partial charge in [-0.2, -0.15) is 10.7 Å². The van der Waals surface area contributed by atoms with Crippen LogP contribution in [0, 0.1) is 25.2 Å². The number of aromatic nitrogens is 1.